The van der Waals surface area contributed by atoms with E-state index in [-0.39, 0.29) is 5.69 Å². The fourth-order valence-electron chi connectivity index (χ4n) is 4.20. The average molecular weight is 463 g/mol. The minimum absolute atomic E-state index is 0.181. The fourth-order valence-corrected chi connectivity index (χ4v) is 4.20. The van der Waals surface area contributed by atoms with E-state index < -0.39 is 11.6 Å². The average Bonchev–Trinajstić information content (AvgIpc) is 3.12. The first-order chi connectivity index (χ1) is 16.3. The van der Waals surface area contributed by atoms with Crippen molar-refractivity contribution < 1.29 is 19.0 Å². The number of carbonyl (C=O) groups excluding carboxylic acids is 1. The molecule has 1 aliphatic rings. The van der Waals surface area contributed by atoms with E-state index >= 15 is 0 Å². The van der Waals surface area contributed by atoms with Crippen LogP contribution in [0.1, 0.15) is 41.2 Å². The number of hydrogen-bond donors (Lipinski definition) is 0. The van der Waals surface area contributed by atoms with Gasteiger partial charge < -0.3 is 24.0 Å². The van der Waals surface area contributed by atoms with Gasteiger partial charge >= 0.3 is 5.97 Å². The summed E-state index contributed by atoms with van der Waals surface area (Å²) in [6, 6.07) is 11.7. The molecule has 0 fully saturated rings. The maximum Gasteiger partial charge on any atom is 0.360 e. The Bertz CT molecular complexity index is 1150. The summed E-state index contributed by atoms with van der Waals surface area (Å²) >= 11 is 0. The molecule has 0 N–H and O–H groups in total. The molecular weight excluding hydrogens is 432 g/mol. The molecule has 0 aliphatic carbocycles. The van der Waals surface area contributed by atoms with E-state index in [2.05, 4.69) is 9.97 Å². The summed E-state index contributed by atoms with van der Waals surface area (Å²) in [4.78, 5) is 26.0. The van der Waals surface area contributed by atoms with Gasteiger partial charge in [-0.05, 0) is 38.1 Å². The van der Waals surface area contributed by atoms with Crippen LogP contribution in [0.2, 0.25) is 0 Å². The molecule has 1 aliphatic heterocycles. The predicted molar refractivity (Wildman–Crippen MR) is 131 cm³/mol. The molecule has 4 rings (SSSR count). The first-order valence-corrected chi connectivity index (χ1v) is 11.3. The number of rotatable bonds is 8. The fraction of sp³-hybridized carbons (Fsp3) is 0.346. The summed E-state index contributed by atoms with van der Waals surface area (Å²) in [5.41, 5.74) is 2.44. The van der Waals surface area contributed by atoms with Crippen molar-refractivity contribution in [2.45, 2.75) is 19.4 Å². The van der Waals surface area contributed by atoms with Crippen molar-refractivity contribution in [1.29, 1.82) is 0 Å². The lowest BCUT2D eigenvalue weighted by Gasteiger charge is -2.32. The Balaban J connectivity index is 2.08. The van der Waals surface area contributed by atoms with Gasteiger partial charge in [-0.25, -0.2) is 9.78 Å². The van der Waals surface area contributed by atoms with Gasteiger partial charge in [-0.15, -0.1) is 0 Å². The predicted octanol–water partition coefficient (Wildman–Crippen LogP) is 3.87. The number of benzene rings is 2. The molecule has 0 bridgehead atoms. The second kappa shape index (κ2) is 9.21. The summed E-state index contributed by atoms with van der Waals surface area (Å²) in [7, 11) is 7.85. The third-order valence-electron chi connectivity index (χ3n) is 5.79. The Hall–Kier alpha value is -3.81. The molecule has 1 aromatic heterocycles. The highest BCUT2D eigenvalue weighted by molar-refractivity contribution is 5.94. The highest BCUT2D eigenvalue weighted by atomic mass is 16.6. The van der Waals surface area contributed by atoms with Gasteiger partial charge in [0.1, 0.15) is 17.2 Å². The summed E-state index contributed by atoms with van der Waals surface area (Å²) in [5, 5.41) is 0. The standard InChI is InChI=1S/C26H30N4O4/c1-7-32-21-15-17(29(3)4)9-11-19(21)26(24-23(25(31)34-26)27-13-14-28-24)20-12-10-18(30(5)6)16-22(20)33-8-2/h9-16H,7-8H2,1-6H3. The molecule has 0 saturated carbocycles. The van der Waals surface area contributed by atoms with Crippen LogP contribution >= 0.6 is 0 Å². The summed E-state index contributed by atoms with van der Waals surface area (Å²) in [6.45, 7) is 4.73. The second-order valence-corrected chi connectivity index (χ2v) is 8.34. The van der Waals surface area contributed by atoms with Crippen molar-refractivity contribution in [3.63, 3.8) is 0 Å². The van der Waals surface area contributed by atoms with Crippen LogP contribution in [0.15, 0.2) is 48.8 Å². The summed E-state index contributed by atoms with van der Waals surface area (Å²) in [5.74, 6) is 0.652. The van der Waals surface area contributed by atoms with E-state index in [0.29, 0.717) is 41.5 Å². The Morgan fingerprint density at radius 1 is 0.824 bits per heavy atom. The lowest BCUT2D eigenvalue weighted by Crippen LogP contribution is -2.32. The normalized spacial score (nSPS) is 13.8. The Morgan fingerprint density at radius 3 is 1.79 bits per heavy atom. The van der Waals surface area contributed by atoms with E-state index in [1.54, 1.807) is 6.20 Å². The zero-order chi connectivity index (χ0) is 24.5. The van der Waals surface area contributed by atoms with Crippen molar-refractivity contribution in [3.8, 4) is 11.5 Å². The van der Waals surface area contributed by atoms with Gasteiger partial charge in [0.2, 0.25) is 5.60 Å². The van der Waals surface area contributed by atoms with Crippen LogP contribution in [-0.4, -0.2) is 57.3 Å². The monoisotopic (exact) mass is 462 g/mol. The van der Waals surface area contributed by atoms with Crippen LogP contribution in [0.25, 0.3) is 0 Å². The number of aromatic nitrogens is 2. The van der Waals surface area contributed by atoms with E-state index in [1.165, 1.54) is 6.20 Å². The molecule has 0 unspecified atom stereocenters. The van der Waals surface area contributed by atoms with Crippen molar-refractivity contribution >= 4 is 17.3 Å². The Kier molecular flexibility index (Phi) is 6.32. The van der Waals surface area contributed by atoms with Gasteiger partial charge in [0, 0.05) is 75.2 Å². The van der Waals surface area contributed by atoms with Crippen molar-refractivity contribution in [2.24, 2.45) is 0 Å². The van der Waals surface area contributed by atoms with Crippen molar-refractivity contribution in [2.75, 3.05) is 51.2 Å². The molecule has 2 heterocycles. The third kappa shape index (κ3) is 3.79. The number of carbonyl (C=O) groups is 1. The Morgan fingerprint density at radius 2 is 1.32 bits per heavy atom. The molecule has 2 aromatic carbocycles. The topological polar surface area (TPSA) is 77.0 Å². The van der Waals surface area contributed by atoms with Gasteiger partial charge in [-0.3, -0.25) is 4.98 Å². The quantitative estimate of drug-likeness (QED) is 0.467. The van der Waals surface area contributed by atoms with E-state index in [0.717, 1.165) is 11.4 Å². The molecule has 0 atom stereocenters. The smallest absolute Gasteiger partial charge is 0.360 e. The maximum absolute atomic E-state index is 13.1. The molecule has 178 valence electrons. The number of nitrogens with zero attached hydrogens (tertiary/aromatic N) is 4. The lowest BCUT2D eigenvalue weighted by molar-refractivity contribution is 0.0225. The van der Waals surface area contributed by atoms with Gasteiger partial charge in [0.25, 0.3) is 0 Å². The van der Waals surface area contributed by atoms with Gasteiger partial charge in [-0.1, -0.05) is 0 Å². The van der Waals surface area contributed by atoms with Crippen LogP contribution in [0.5, 0.6) is 11.5 Å². The number of cyclic esters (lactones) is 1. The van der Waals surface area contributed by atoms with Crippen molar-refractivity contribution in [3.05, 3.63) is 71.3 Å². The first kappa shape index (κ1) is 23.4. The van der Waals surface area contributed by atoms with Gasteiger partial charge in [-0.2, -0.15) is 0 Å². The zero-order valence-electron chi connectivity index (χ0n) is 20.5. The molecule has 8 nitrogen and oxygen atoms in total. The van der Waals surface area contributed by atoms with Crippen LogP contribution in [0, 0.1) is 0 Å². The number of ether oxygens (including phenoxy) is 3. The first-order valence-electron chi connectivity index (χ1n) is 11.3. The van der Waals surface area contributed by atoms with Crippen molar-refractivity contribution in [1.82, 2.24) is 9.97 Å². The lowest BCUT2D eigenvalue weighted by atomic mass is 9.82. The highest BCUT2D eigenvalue weighted by Gasteiger charge is 2.54. The molecule has 8 heteroatoms. The van der Waals surface area contributed by atoms with Gasteiger partial charge in [0.05, 0.1) is 13.2 Å². The summed E-state index contributed by atoms with van der Waals surface area (Å²) < 4.78 is 18.4. The minimum atomic E-state index is -1.38. The van der Waals surface area contributed by atoms with E-state index in [9.17, 15) is 4.79 Å². The molecule has 0 saturated heterocycles. The number of anilines is 2. The molecule has 0 amide bonds. The summed E-state index contributed by atoms with van der Waals surface area (Å²) in [6.07, 6.45) is 3.06. The SMILES string of the molecule is CCOc1cc(N(C)C)ccc1C1(c2ccc(N(C)C)cc2OCC)OC(=O)c2nccnc21. The highest BCUT2D eigenvalue weighted by Crippen LogP contribution is 2.52. The van der Waals surface area contributed by atoms with E-state index in [4.69, 9.17) is 14.2 Å². The Labute approximate surface area is 200 Å². The third-order valence-corrected chi connectivity index (χ3v) is 5.79. The molecule has 34 heavy (non-hydrogen) atoms. The van der Waals surface area contributed by atoms with E-state index in [1.807, 2.05) is 88.2 Å². The van der Waals surface area contributed by atoms with Crippen LogP contribution in [-0.2, 0) is 10.3 Å². The van der Waals surface area contributed by atoms with Crippen LogP contribution < -0.4 is 19.3 Å². The maximum atomic E-state index is 13.1. The van der Waals surface area contributed by atoms with Gasteiger partial charge in [0.15, 0.2) is 5.69 Å². The number of esters is 1. The number of hydrogen-bond acceptors (Lipinski definition) is 8. The zero-order valence-corrected chi connectivity index (χ0v) is 20.5. The molecule has 3 aromatic rings. The largest absolute Gasteiger partial charge is 0.493 e. The second-order valence-electron chi connectivity index (χ2n) is 8.34. The minimum Gasteiger partial charge on any atom is -0.493 e. The van der Waals surface area contributed by atoms with Crippen LogP contribution in [0.4, 0.5) is 11.4 Å². The molecule has 0 radical (unpaired) electrons. The van der Waals surface area contributed by atoms with Crippen LogP contribution in [0.3, 0.4) is 0 Å². The number of fused-ring (bicyclic) bond motifs is 1. The molecular formula is C26H30N4O4. The molecule has 0 spiro atoms.